The van der Waals surface area contributed by atoms with E-state index in [0.717, 1.165) is 25.5 Å². The van der Waals surface area contributed by atoms with Crippen molar-refractivity contribution in [2.24, 2.45) is 5.92 Å². The van der Waals surface area contributed by atoms with Gasteiger partial charge in [-0.1, -0.05) is 0 Å². The topological polar surface area (TPSA) is 69.4 Å². The number of hydrogen-bond donors (Lipinski definition) is 2. The summed E-state index contributed by atoms with van der Waals surface area (Å²) in [7, 11) is 1.57. The number of methoxy groups -OCH3 is 1. The predicted molar refractivity (Wildman–Crippen MR) is 67.2 cm³/mol. The Morgan fingerprint density at radius 1 is 1.59 bits per heavy atom. The lowest BCUT2D eigenvalue weighted by Crippen LogP contribution is -2.26. The molecule has 1 aromatic rings. The Morgan fingerprint density at radius 3 is 3.06 bits per heavy atom. The van der Waals surface area contributed by atoms with Crippen molar-refractivity contribution in [3.05, 3.63) is 12.1 Å². The normalized spacial score (nSPS) is 21.2. The van der Waals surface area contributed by atoms with Crippen molar-refractivity contribution in [1.29, 1.82) is 0 Å². The van der Waals surface area contributed by atoms with Crippen molar-refractivity contribution < 1.29 is 9.47 Å². The maximum Gasteiger partial charge on any atom is 0.238 e. The summed E-state index contributed by atoms with van der Waals surface area (Å²) < 4.78 is 10.5. The highest BCUT2D eigenvalue weighted by atomic mass is 16.5. The molecule has 5 heteroatoms. The van der Waals surface area contributed by atoms with Crippen molar-refractivity contribution >= 4 is 11.5 Å². The van der Waals surface area contributed by atoms with Crippen LogP contribution in [0.5, 0.6) is 5.88 Å². The molecule has 0 saturated carbocycles. The highest BCUT2D eigenvalue weighted by Crippen LogP contribution is 2.23. The van der Waals surface area contributed by atoms with E-state index in [-0.39, 0.29) is 0 Å². The van der Waals surface area contributed by atoms with Crippen LogP contribution >= 0.6 is 0 Å². The molecule has 2 atom stereocenters. The Hall–Kier alpha value is -1.49. The summed E-state index contributed by atoms with van der Waals surface area (Å²) in [4.78, 5) is 4.30. The zero-order chi connectivity index (χ0) is 12.3. The van der Waals surface area contributed by atoms with Gasteiger partial charge < -0.3 is 20.5 Å². The molecule has 2 heterocycles. The Bertz CT molecular complexity index is 378. The lowest BCUT2D eigenvalue weighted by molar-refractivity contribution is 0.183. The summed E-state index contributed by atoms with van der Waals surface area (Å²) in [6, 6.07) is 3.99. The summed E-state index contributed by atoms with van der Waals surface area (Å²) in [5.74, 6) is 1.79. The van der Waals surface area contributed by atoms with E-state index < -0.39 is 0 Å². The van der Waals surface area contributed by atoms with Crippen molar-refractivity contribution in [3.8, 4) is 5.88 Å². The highest BCUT2D eigenvalue weighted by molar-refractivity contribution is 5.53. The van der Waals surface area contributed by atoms with Gasteiger partial charge in [0.2, 0.25) is 5.88 Å². The zero-order valence-electron chi connectivity index (χ0n) is 10.3. The molecule has 0 spiro atoms. The van der Waals surface area contributed by atoms with Crippen LogP contribution in [0.25, 0.3) is 0 Å². The third-order valence-corrected chi connectivity index (χ3v) is 3.13. The molecule has 0 amide bonds. The first-order valence-corrected chi connectivity index (χ1v) is 5.85. The SMILES string of the molecule is COc1nc(NC(C)C2CCOC2)ccc1N. The lowest BCUT2D eigenvalue weighted by atomic mass is 10.0. The summed E-state index contributed by atoms with van der Waals surface area (Å²) in [6.07, 6.45) is 1.10. The van der Waals surface area contributed by atoms with Gasteiger partial charge in [-0.3, -0.25) is 0 Å². The molecule has 2 unspecified atom stereocenters. The third kappa shape index (κ3) is 2.79. The van der Waals surface area contributed by atoms with E-state index >= 15 is 0 Å². The summed E-state index contributed by atoms with van der Waals surface area (Å²) >= 11 is 0. The predicted octanol–water partition coefficient (Wildman–Crippen LogP) is 1.51. The zero-order valence-corrected chi connectivity index (χ0v) is 10.3. The molecule has 1 aromatic heterocycles. The van der Waals surface area contributed by atoms with Gasteiger partial charge in [0.25, 0.3) is 0 Å². The average Bonchev–Trinajstić information content (AvgIpc) is 2.85. The standard InChI is InChI=1S/C12H19N3O2/c1-8(9-5-6-17-7-9)14-11-4-3-10(13)12(15-11)16-2/h3-4,8-9H,5-7,13H2,1-2H3,(H,14,15). The van der Waals surface area contributed by atoms with E-state index in [1.54, 1.807) is 13.2 Å². The van der Waals surface area contributed by atoms with E-state index in [9.17, 15) is 0 Å². The molecule has 94 valence electrons. The van der Waals surface area contributed by atoms with Gasteiger partial charge in [-0.25, -0.2) is 0 Å². The van der Waals surface area contributed by atoms with Gasteiger partial charge in [-0.2, -0.15) is 4.98 Å². The second-order valence-electron chi connectivity index (χ2n) is 4.35. The van der Waals surface area contributed by atoms with Gasteiger partial charge >= 0.3 is 0 Å². The fourth-order valence-electron chi connectivity index (χ4n) is 1.99. The fourth-order valence-corrected chi connectivity index (χ4v) is 1.99. The maximum atomic E-state index is 5.72. The number of nitrogens with two attached hydrogens (primary N) is 1. The number of pyridine rings is 1. The van der Waals surface area contributed by atoms with Crippen LogP contribution in [-0.4, -0.2) is 31.3 Å². The molecule has 1 saturated heterocycles. The number of rotatable bonds is 4. The van der Waals surface area contributed by atoms with Gasteiger partial charge in [0.1, 0.15) is 5.82 Å². The Balaban J connectivity index is 2.02. The molecule has 0 bridgehead atoms. The average molecular weight is 237 g/mol. The molecule has 2 rings (SSSR count). The third-order valence-electron chi connectivity index (χ3n) is 3.13. The Kier molecular flexibility index (Phi) is 3.68. The van der Waals surface area contributed by atoms with Crippen molar-refractivity contribution in [2.45, 2.75) is 19.4 Å². The first-order valence-electron chi connectivity index (χ1n) is 5.85. The van der Waals surface area contributed by atoms with Gasteiger partial charge in [0.05, 0.1) is 19.4 Å². The largest absolute Gasteiger partial charge is 0.479 e. The first kappa shape index (κ1) is 12.0. The minimum atomic E-state index is 0.332. The molecular weight excluding hydrogens is 218 g/mol. The van der Waals surface area contributed by atoms with E-state index in [4.69, 9.17) is 15.2 Å². The maximum absolute atomic E-state index is 5.72. The van der Waals surface area contributed by atoms with Crippen LogP contribution in [0, 0.1) is 5.92 Å². The van der Waals surface area contributed by atoms with Gasteiger partial charge in [0.15, 0.2) is 0 Å². The number of hydrogen-bond acceptors (Lipinski definition) is 5. The van der Waals surface area contributed by atoms with Crippen LogP contribution in [0.1, 0.15) is 13.3 Å². The Labute approximate surface area is 101 Å². The highest BCUT2D eigenvalue weighted by Gasteiger charge is 2.22. The minimum absolute atomic E-state index is 0.332. The molecule has 5 nitrogen and oxygen atoms in total. The molecular formula is C12H19N3O2. The smallest absolute Gasteiger partial charge is 0.238 e. The van der Waals surface area contributed by atoms with Crippen molar-refractivity contribution in [3.63, 3.8) is 0 Å². The molecule has 17 heavy (non-hydrogen) atoms. The van der Waals surface area contributed by atoms with E-state index in [0.29, 0.717) is 23.5 Å². The second-order valence-corrected chi connectivity index (χ2v) is 4.35. The molecule has 1 fully saturated rings. The number of nitrogens with zero attached hydrogens (tertiary/aromatic N) is 1. The quantitative estimate of drug-likeness (QED) is 0.830. The van der Waals surface area contributed by atoms with Gasteiger partial charge in [-0.05, 0) is 25.5 Å². The molecule has 1 aliphatic heterocycles. The molecule has 0 radical (unpaired) electrons. The van der Waals surface area contributed by atoms with E-state index in [1.807, 2.05) is 6.07 Å². The molecule has 3 N–H and O–H groups in total. The summed E-state index contributed by atoms with van der Waals surface area (Å²) in [6.45, 7) is 3.82. The van der Waals surface area contributed by atoms with E-state index in [2.05, 4.69) is 17.2 Å². The second kappa shape index (κ2) is 5.23. The molecule has 0 aromatic carbocycles. The van der Waals surface area contributed by atoms with Crippen LogP contribution in [-0.2, 0) is 4.74 Å². The monoisotopic (exact) mass is 237 g/mol. The minimum Gasteiger partial charge on any atom is -0.479 e. The van der Waals surface area contributed by atoms with Crippen LogP contribution < -0.4 is 15.8 Å². The number of anilines is 2. The summed E-state index contributed by atoms with van der Waals surface area (Å²) in [5, 5.41) is 3.36. The molecule has 0 aliphatic carbocycles. The van der Waals surface area contributed by atoms with Crippen LogP contribution in [0.2, 0.25) is 0 Å². The van der Waals surface area contributed by atoms with Gasteiger partial charge in [-0.15, -0.1) is 0 Å². The lowest BCUT2D eigenvalue weighted by Gasteiger charge is -2.20. The Morgan fingerprint density at radius 2 is 2.41 bits per heavy atom. The van der Waals surface area contributed by atoms with Crippen LogP contribution in [0.15, 0.2) is 12.1 Å². The van der Waals surface area contributed by atoms with E-state index in [1.165, 1.54) is 0 Å². The first-order chi connectivity index (χ1) is 8.20. The fraction of sp³-hybridized carbons (Fsp3) is 0.583. The van der Waals surface area contributed by atoms with Crippen molar-refractivity contribution in [1.82, 2.24) is 4.98 Å². The van der Waals surface area contributed by atoms with Gasteiger partial charge in [0, 0.05) is 18.6 Å². The number of aromatic nitrogens is 1. The molecule has 1 aliphatic rings. The van der Waals surface area contributed by atoms with Crippen molar-refractivity contribution in [2.75, 3.05) is 31.4 Å². The number of ether oxygens (including phenoxy) is 2. The van der Waals surface area contributed by atoms with Crippen LogP contribution in [0.3, 0.4) is 0 Å². The number of nitrogen functional groups attached to an aromatic ring is 1. The number of nitrogens with one attached hydrogen (secondary N) is 1. The summed E-state index contributed by atoms with van der Waals surface area (Å²) in [5.41, 5.74) is 6.27. The van der Waals surface area contributed by atoms with Crippen LogP contribution in [0.4, 0.5) is 11.5 Å².